The highest BCUT2D eigenvalue weighted by molar-refractivity contribution is 6.30. The van der Waals surface area contributed by atoms with Gasteiger partial charge in [-0.15, -0.1) is 0 Å². The minimum atomic E-state index is -0.771. The number of halogens is 1. The van der Waals surface area contributed by atoms with E-state index in [1.807, 2.05) is 24.3 Å². The van der Waals surface area contributed by atoms with E-state index in [-0.39, 0.29) is 11.8 Å². The quantitative estimate of drug-likeness (QED) is 0.535. The van der Waals surface area contributed by atoms with Crippen LogP contribution < -0.4 is 0 Å². The first-order valence-electron chi connectivity index (χ1n) is 10.6. The normalized spacial score (nSPS) is 18.7. The molecule has 1 fully saturated rings. The Hall–Kier alpha value is -2.21. The topological polar surface area (TPSA) is 60.9 Å². The van der Waals surface area contributed by atoms with Crippen molar-refractivity contribution in [3.05, 3.63) is 70.2 Å². The molecule has 0 spiro atoms. The van der Waals surface area contributed by atoms with Crippen LogP contribution in [0.15, 0.2) is 48.5 Å². The fourth-order valence-corrected chi connectivity index (χ4v) is 4.55. The molecule has 0 unspecified atom stereocenters. The standard InChI is InChI=1S/C24H27ClN2O3/c25-19-10-8-18(9-11-19)24(30)12-16-26(17-13-24)14-4-1-5-15-27-22(28)20-6-2-3-7-21(20)23(27)29/h2-3,6-11,30H,1,4-5,12-17H2. The summed E-state index contributed by atoms with van der Waals surface area (Å²) >= 11 is 5.95. The van der Waals surface area contributed by atoms with Crippen LogP contribution in [-0.4, -0.2) is 52.9 Å². The smallest absolute Gasteiger partial charge is 0.261 e. The molecule has 2 amide bonds. The van der Waals surface area contributed by atoms with E-state index in [1.165, 1.54) is 4.90 Å². The molecule has 2 heterocycles. The number of likely N-dealkylation sites (tertiary alicyclic amines) is 1. The molecule has 2 aromatic rings. The zero-order valence-corrected chi connectivity index (χ0v) is 17.8. The number of nitrogens with zero attached hydrogens (tertiary/aromatic N) is 2. The second-order valence-corrected chi connectivity index (χ2v) is 8.68. The van der Waals surface area contributed by atoms with Gasteiger partial charge in [0.2, 0.25) is 0 Å². The Bertz CT molecular complexity index is 885. The molecule has 2 aliphatic heterocycles. The molecule has 5 nitrogen and oxygen atoms in total. The number of piperidine rings is 1. The van der Waals surface area contributed by atoms with Gasteiger partial charge in [-0.05, 0) is 62.1 Å². The lowest BCUT2D eigenvalue weighted by atomic mass is 9.84. The van der Waals surface area contributed by atoms with Crippen molar-refractivity contribution in [3.63, 3.8) is 0 Å². The second kappa shape index (κ2) is 8.88. The van der Waals surface area contributed by atoms with E-state index in [0.29, 0.717) is 35.5 Å². The van der Waals surface area contributed by atoms with Gasteiger partial charge in [-0.2, -0.15) is 0 Å². The van der Waals surface area contributed by atoms with E-state index in [0.717, 1.165) is 44.5 Å². The number of carbonyl (C=O) groups excluding carboxylic acids is 2. The Morgan fingerprint density at radius 1 is 0.833 bits per heavy atom. The summed E-state index contributed by atoms with van der Waals surface area (Å²) in [7, 11) is 0. The number of imide groups is 1. The van der Waals surface area contributed by atoms with Crippen molar-refractivity contribution < 1.29 is 14.7 Å². The van der Waals surface area contributed by atoms with Crippen molar-refractivity contribution in [2.24, 2.45) is 0 Å². The number of unbranched alkanes of at least 4 members (excludes halogenated alkanes) is 2. The first-order chi connectivity index (χ1) is 14.5. The predicted molar refractivity (Wildman–Crippen MR) is 117 cm³/mol. The summed E-state index contributed by atoms with van der Waals surface area (Å²) < 4.78 is 0. The van der Waals surface area contributed by atoms with Crippen LogP contribution in [0.2, 0.25) is 5.02 Å². The average molecular weight is 427 g/mol. The second-order valence-electron chi connectivity index (χ2n) is 8.25. The van der Waals surface area contributed by atoms with Crippen LogP contribution in [0.3, 0.4) is 0 Å². The zero-order chi connectivity index (χ0) is 21.1. The molecule has 0 aromatic heterocycles. The fourth-order valence-electron chi connectivity index (χ4n) is 4.42. The molecule has 2 aromatic carbocycles. The molecule has 158 valence electrons. The third-order valence-electron chi connectivity index (χ3n) is 6.30. The fraction of sp³-hybridized carbons (Fsp3) is 0.417. The Morgan fingerprint density at radius 3 is 2.00 bits per heavy atom. The summed E-state index contributed by atoms with van der Waals surface area (Å²) in [5, 5.41) is 11.6. The van der Waals surface area contributed by atoms with Crippen LogP contribution in [0, 0.1) is 0 Å². The van der Waals surface area contributed by atoms with Crippen molar-refractivity contribution in [1.29, 1.82) is 0 Å². The molecule has 1 saturated heterocycles. The molecule has 2 aliphatic rings. The first-order valence-corrected chi connectivity index (χ1v) is 11.0. The summed E-state index contributed by atoms with van der Waals surface area (Å²) in [5.41, 5.74) is 1.20. The third-order valence-corrected chi connectivity index (χ3v) is 6.55. The number of rotatable bonds is 7. The number of hydrogen-bond donors (Lipinski definition) is 1. The van der Waals surface area contributed by atoms with E-state index in [9.17, 15) is 14.7 Å². The molecule has 6 heteroatoms. The van der Waals surface area contributed by atoms with Gasteiger partial charge < -0.3 is 10.0 Å². The maximum atomic E-state index is 12.4. The van der Waals surface area contributed by atoms with Gasteiger partial charge in [0, 0.05) is 24.7 Å². The summed E-state index contributed by atoms with van der Waals surface area (Å²) in [5.74, 6) is -0.346. The number of hydrogen-bond acceptors (Lipinski definition) is 4. The van der Waals surface area contributed by atoms with Crippen molar-refractivity contribution in [1.82, 2.24) is 9.80 Å². The van der Waals surface area contributed by atoms with Gasteiger partial charge in [0.15, 0.2) is 0 Å². The molecule has 0 atom stereocenters. The number of fused-ring (bicyclic) bond motifs is 1. The summed E-state index contributed by atoms with van der Waals surface area (Å²) in [6, 6.07) is 14.5. The van der Waals surface area contributed by atoms with Gasteiger partial charge in [0.05, 0.1) is 16.7 Å². The third kappa shape index (κ3) is 4.29. The Labute approximate surface area is 182 Å². The van der Waals surface area contributed by atoms with Crippen LogP contribution in [0.25, 0.3) is 0 Å². The Balaban J connectivity index is 1.17. The van der Waals surface area contributed by atoms with Gasteiger partial charge in [0.25, 0.3) is 11.8 Å². The average Bonchev–Trinajstić information content (AvgIpc) is 3.00. The molecule has 1 N–H and O–H groups in total. The predicted octanol–water partition coefficient (Wildman–Crippen LogP) is 4.09. The first kappa shape index (κ1) is 21.0. The monoisotopic (exact) mass is 426 g/mol. The zero-order valence-electron chi connectivity index (χ0n) is 17.0. The van der Waals surface area contributed by atoms with Gasteiger partial charge in [-0.1, -0.05) is 42.3 Å². The van der Waals surface area contributed by atoms with Gasteiger partial charge in [-0.3, -0.25) is 14.5 Å². The van der Waals surface area contributed by atoms with Crippen molar-refractivity contribution in [2.75, 3.05) is 26.2 Å². The SMILES string of the molecule is O=C1c2ccccc2C(=O)N1CCCCCN1CCC(O)(c2ccc(Cl)cc2)CC1. The van der Waals surface area contributed by atoms with Crippen LogP contribution in [-0.2, 0) is 5.60 Å². The maximum absolute atomic E-state index is 12.4. The Morgan fingerprint density at radius 2 is 1.40 bits per heavy atom. The molecule has 0 saturated carbocycles. The van der Waals surface area contributed by atoms with E-state index in [2.05, 4.69) is 4.90 Å². The lowest BCUT2D eigenvalue weighted by molar-refractivity contribution is -0.0261. The van der Waals surface area contributed by atoms with Gasteiger partial charge in [0.1, 0.15) is 0 Å². The number of aliphatic hydroxyl groups is 1. The summed E-state index contributed by atoms with van der Waals surface area (Å²) in [6.07, 6.45) is 4.22. The van der Waals surface area contributed by atoms with Crippen LogP contribution in [0.1, 0.15) is 58.4 Å². The molecule has 0 radical (unpaired) electrons. The van der Waals surface area contributed by atoms with Gasteiger partial charge in [-0.25, -0.2) is 0 Å². The van der Waals surface area contributed by atoms with Crippen LogP contribution in [0.4, 0.5) is 0 Å². The number of carbonyl (C=O) groups is 2. The minimum absolute atomic E-state index is 0.173. The lowest BCUT2D eigenvalue weighted by Gasteiger charge is -2.38. The van der Waals surface area contributed by atoms with Crippen molar-refractivity contribution in [2.45, 2.75) is 37.7 Å². The lowest BCUT2D eigenvalue weighted by Crippen LogP contribution is -2.42. The summed E-state index contributed by atoms with van der Waals surface area (Å²) in [6.45, 7) is 3.16. The van der Waals surface area contributed by atoms with Crippen molar-refractivity contribution >= 4 is 23.4 Å². The van der Waals surface area contributed by atoms with E-state index in [1.54, 1.807) is 24.3 Å². The highest BCUT2D eigenvalue weighted by Gasteiger charge is 2.35. The molecule has 4 rings (SSSR count). The molecule has 0 bridgehead atoms. The molecule has 0 aliphatic carbocycles. The van der Waals surface area contributed by atoms with Crippen LogP contribution in [0.5, 0.6) is 0 Å². The number of benzene rings is 2. The van der Waals surface area contributed by atoms with Crippen LogP contribution >= 0.6 is 11.6 Å². The number of amides is 2. The minimum Gasteiger partial charge on any atom is -0.385 e. The molecule has 30 heavy (non-hydrogen) atoms. The molecular weight excluding hydrogens is 400 g/mol. The summed E-state index contributed by atoms with van der Waals surface area (Å²) in [4.78, 5) is 28.5. The highest BCUT2D eigenvalue weighted by atomic mass is 35.5. The van der Waals surface area contributed by atoms with E-state index in [4.69, 9.17) is 11.6 Å². The van der Waals surface area contributed by atoms with E-state index >= 15 is 0 Å². The Kier molecular flexibility index (Phi) is 6.23. The highest BCUT2D eigenvalue weighted by Crippen LogP contribution is 2.33. The maximum Gasteiger partial charge on any atom is 0.261 e. The van der Waals surface area contributed by atoms with E-state index < -0.39 is 5.60 Å². The van der Waals surface area contributed by atoms with Gasteiger partial charge >= 0.3 is 0 Å². The largest absolute Gasteiger partial charge is 0.385 e. The van der Waals surface area contributed by atoms with Crippen molar-refractivity contribution in [3.8, 4) is 0 Å². The molecular formula is C24H27ClN2O3.